The molecule has 2 rings (SSSR count). The van der Waals surface area contributed by atoms with Crippen LogP contribution in [0, 0.1) is 17.5 Å². The number of benzene rings is 1. The zero-order valence-electron chi connectivity index (χ0n) is 11.9. The summed E-state index contributed by atoms with van der Waals surface area (Å²) in [6.45, 7) is 0. The molecule has 122 valence electrons. The summed E-state index contributed by atoms with van der Waals surface area (Å²) < 4.78 is 44.6. The Kier molecular flexibility index (Phi) is 5.32. The minimum absolute atomic E-state index is 0.0814. The third kappa shape index (κ3) is 4.07. The fraction of sp³-hybridized carbons (Fsp3) is 0.214. The van der Waals surface area contributed by atoms with E-state index in [-0.39, 0.29) is 11.6 Å². The van der Waals surface area contributed by atoms with Gasteiger partial charge in [0.05, 0.1) is 19.2 Å². The Morgan fingerprint density at radius 1 is 1.26 bits per heavy atom. The first-order valence-electron chi connectivity index (χ1n) is 6.38. The van der Waals surface area contributed by atoms with Crippen molar-refractivity contribution in [1.29, 1.82) is 0 Å². The number of methoxy groups -OCH3 is 1. The van der Waals surface area contributed by atoms with Crippen LogP contribution in [-0.4, -0.2) is 24.0 Å². The van der Waals surface area contributed by atoms with Crippen molar-refractivity contribution in [2.24, 2.45) is 0 Å². The average Bonchev–Trinajstić information content (AvgIpc) is 2.96. The molecule has 1 amide bonds. The molecule has 0 aliphatic heterocycles. The van der Waals surface area contributed by atoms with E-state index in [0.29, 0.717) is 24.2 Å². The zero-order valence-corrected chi connectivity index (χ0v) is 12.7. The molecule has 1 N–H and O–H groups in total. The summed E-state index contributed by atoms with van der Waals surface area (Å²) in [5.74, 6) is -5.62. The lowest BCUT2D eigenvalue weighted by Crippen LogP contribution is -2.16. The van der Waals surface area contributed by atoms with Gasteiger partial charge in [-0.15, -0.1) is 11.3 Å². The number of aromatic nitrogens is 1. The van der Waals surface area contributed by atoms with Gasteiger partial charge >= 0.3 is 5.97 Å². The number of nitrogens with zero attached hydrogens (tertiary/aromatic N) is 1. The van der Waals surface area contributed by atoms with Crippen LogP contribution in [0.4, 0.5) is 18.3 Å². The van der Waals surface area contributed by atoms with Crippen LogP contribution in [0.1, 0.15) is 22.5 Å². The van der Waals surface area contributed by atoms with Crippen molar-refractivity contribution in [1.82, 2.24) is 4.98 Å². The molecule has 0 aliphatic rings. The van der Waals surface area contributed by atoms with Crippen LogP contribution in [0.5, 0.6) is 0 Å². The number of aryl methyl sites for hydroxylation is 1. The van der Waals surface area contributed by atoms with Crippen LogP contribution in [0.2, 0.25) is 0 Å². The summed E-state index contributed by atoms with van der Waals surface area (Å²) in [5, 5.41) is 3.86. The van der Waals surface area contributed by atoms with Crippen LogP contribution < -0.4 is 5.32 Å². The van der Waals surface area contributed by atoms with Crippen molar-refractivity contribution in [3.63, 3.8) is 0 Å². The molecule has 2 aromatic rings. The Morgan fingerprint density at radius 2 is 1.96 bits per heavy atom. The summed E-state index contributed by atoms with van der Waals surface area (Å²) in [4.78, 5) is 26.9. The summed E-state index contributed by atoms with van der Waals surface area (Å²) in [6.07, 6.45) is 0.405. The van der Waals surface area contributed by atoms with Crippen molar-refractivity contribution >= 4 is 28.3 Å². The maximum absolute atomic E-state index is 13.5. The van der Waals surface area contributed by atoms with E-state index in [1.807, 2.05) is 0 Å². The Balaban J connectivity index is 2.08. The Labute approximate surface area is 133 Å². The lowest BCUT2D eigenvalue weighted by molar-refractivity contribution is -0.140. The molecule has 0 spiro atoms. The number of nitrogens with one attached hydrogen (secondary N) is 1. The van der Waals surface area contributed by atoms with Gasteiger partial charge in [-0.3, -0.25) is 14.9 Å². The monoisotopic (exact) mass is 344 g/mol. The average molecular weight is 344 g/mol. The summed E-state index contributed by atoms with van der Waals surface area (Å²) in [7, 11) is 1.26. The second-order valence-electron chi connectivity index (χ2n) is 4.39. The number of amides is 1. The molecule has 0 bridgehead atoms. The second-order valence-corrected chi connectivity index (χ2v) is 5.25. The smallest absolute Gasteiger partial charge is 0.305 e. The number of rotatable bonds is 5. The molecule has 0 saturated carbocycles. The second kappa shape index (κ2) is 7.23. The number of ether oxygens (including phenoxy) is 1. The highest BCUT2D eigenvalue weighted by molar-refractivity contribution is 7.14. The van der Waals surface area contributed by atoms with Gasteiger partial charge in [0.2, 0.25) is 0 Å². The predicted octanol–water partition coefficient (Wildman–Crippen LogP) is 2.92. The van der Waals surface area contributed by atoms with E-state index < -0.39 is 34.9 Å². The highest BCUT2D eigenvalue weighted by Crippen LogP contribution is 2.20. The minimum atomic E-state index is -1.56. The fourth-order valence-corrected chi connectivity index (χ4v) is 2.45. The van der Waals surface area contributed by atoms with Gasteiger partial charge in [-0.2, -0.15) is 0 Å². The molecular weight excluding hydrogens is 333 g/mol. The first-order chi connectivity index (χ1) is 10.9. The standard InChI is InChI=1S/C14H11F3N2O3S/c1-22-10(20)5-2-7-6-23-14(18-7)19-13(21)11-8(15)3-4-9(16)12(11)17/h3-4,6H,2,5H2,1H3,(H,18,19,21). The zero-order chi connectivity index (χ0) is 17.0. The molecule has 0 radical (unpaired) electrons. The molecular formula is C14H11F3N2O3S. The predicted molar refractivity (Wildman–Crippen MR) is 76.7 cm³/mol. The number of anilines is 1. The summed E-state index contributed by atoms with van der Waals surface area (Å²) in [5.41, 5.74) is -0.507. The number of thiazole rings is 1. The van der Waals surface area contributed by atoms with Crippen LogP contribution >= 0.6 is 11.3 Å². The normalized spacial score (nSPS) is 10.4. The number of esters is 1. The number of hydrogen-bond donors (Lipinski definition) is 1. The molecule has 1 aromatic heterocycles. The molecule has 1 heterocycles. The van der Waals surface area contributed by atoms with Crippen molar-refractivity contribution in [2.75, 3.05) is 12.4 Å². The molecule has 0 saturated heterocycles. The van der Waals surface area contributed by atoms with Crippen molar-refractivity contribution in [2.45, 2.75) is 12.8 Å². The van der Waals surface area contributed by atoms with E-state index in [4.69, 9.17) is 0 Å². The maximum Gasteiger partial charge on any atom is 0.305 e. The first kappa shape index (κ1) is 16.9. The molecule has 1 aromatic carbocycles. The summed E-state index contributed by atoms with van der Waals surface area (Å²) >= 11 is 1.01. The molecule has 23 heavy (non-hydrogen) atoms. The van der Waals surface area contributed by atoms with Gasteiger partial charge in [0.15, 0.2) is 16.8 Å². The van der Waals surface area contributed by atoms with E-state index in [9.17, 15) is 22.8 Å². The number of carbonyl (C=O) groups excluding carboxylic acids is 2. The van der Waals surface area contributed by atoms with Crippen LogP contribution in [0.25, 0.3) is 0 Å². The minimum Gasteiger partial charge on any atom is -0.469 e. The lowest BCUT2D eigenvalue weighted by Gasteiger charge is -2.05. The Morgan fingerprint density at radius 3 is 2.65 bits per heavy atom. The van der Waals surface area contributed by atoms with Crippen molar-refractivity contribution in [3.05, 3.63) is 46.2 Å². The van der Waals surface area contributed by atoms with Gasteiger partial charge in [0, 0.05) is 11.8 Å². The van der Waals surface area contributed by atoms with Crippen LogP contribution in [0.15, 0.2) is 17.5 Å². The van der Waals surface area contributed by atoms with Gasteiger partial charge in [-0.05, 0) is 12.1 Å². The van der Waals surface area contributed by atoms with Crippen LogP contribution in [-0.2, 0) is 16.0 Å². The van der Waals surface area contributed by atoms with Crippen molar-refractivity contribution in [3.8, 4) is 0 Å². The maximum atomic E-state index is 13.5. The molecule has 0 unspecified atom stereocenters. The Bertz CT molecular complexity index is 749. The van der Waals surface area contributed by atoms with E-state index in [1.165, 1.54) is 7.11 Å². The molecule has 0 atom stereocenters. The largest absolute Gasteiger partial charge is 0.469 e. The molecule has 0 fully saturated rings. The fourth-order valence-electron chi connectivity index (χ4n) is 1.71. The highest BCUT2D eigenvalue weighted by atomic mass is 32.1. The summed E-state index contributed by atoms with van der Waals surface area (Å²) in [6, 6.07) is 1.26. The first-order valence-corrected chi connectivity index (χ1v) is 7.26. The van der Waals surface area contributed by atoms with Crippen molar-refractivity contribution < 1.29 is 27.5 Å². The lowest BCUT2D eigenvalue weighted by atomic mass is 10.2. The van der Waals surface area contributed by atoms with Gasteiger partial charge in [0.25, 0.3) is 5.91 Å². The van der Waals surface area contributed by atoms with E-state index >= 15 is 0 Å². The number of halogens is 3. The number of hydrogen-bond acceptors (Lipinski definition) is 5. The van der Waals surface area contributed by atoms with Crippen LogP contribution in [0.3, 0.4) is 0 Å². The third-order valence-electron chi connectivity index (χ3n) is 2.86. The van der Waals surface area contributed by atoms with Gasteiger partial charge < -0.3 is 4.74 Å². The molecule has 9 heteroatoms. The van der Waals surface area contributed by atoms with E-state index in [2.05, 4.69) is 15.0 Å². The number of carbonyl (C=O) groups is 2. The quantitative estimate of drug-likeness (QED) is 0.669. The van der Waals surface area contributed by atoms with Gasteiger partial charge in [-0.25, -0.2) is 18.2 Å². The van der Waals surface area contributed by atoms with Gasteiger partial charge in [-0.1, -0.05) is 0 Å². The third-order valence-corrected chi connectivity index (χ3v) is 3.66. The molecule has 5 nitrogen and oxygen atoms in total. The SMILES string of the molecule is COC(=O)CCc1csc(NC(=O)c2c(F)ccc(F)c2F)n1. The van der Waals surface area contributed by atoms with E-state index in [0.717, 1.165) is 11.3 Å². The van der Waals surface area contributed by atoms with Gasteiger partial charge in [0.1, 0.15) is 11.4 Å². The topological polar surface area (TPSA) is 68.3 Å². The molecule has 0 aliphatic carbocycles. The Hall–Kier alpha value is -2.42. The highest BCUT2D eigenvalue weighted by Gasteiger charge is 2.21. The van der Waals surface area contributed by atoms with E-state index in [1.54, 1.807) is 5.38 Å².